The van der Waals surface area contributed by atoms with E-state index in [2.05, 4.69) is 4.99 Å². The molecule has 0 N–H and O–H groups in total. The third-order valence-electron chi connectivity index (χ3n) is 2.93. The summed E-state index contributed by atoms with van der Waals surface area (Å²) in [5.41, 5.74) is 1.09. The summed E-state index contributed by atoms with van der Waals surface area (Å²) in [5.74, 6) is 0. The van der Waals surface area contributed by atoms with Gasteiger partial charge in [-0.3, -0.25) is 25.2 Å². The maximum absolute atomic E-state index is 10.9. The van der Waals surface area contributed by atoms with E-state index in [1.54, 1.807) is 19.1 Å². The minimum absolute atomic E-state index is 0.0419. The molecule has 0 spiro atoms. The number of nitrogens with zero attached hydrogens (tertiary/aromatic N) is 3. The molecule has 0 aromatic heterocycles. The zero-order valence-corrected chi connectivity index (χ0v) is 12.1. The Morgan fingerprint density at radius 2 is 1.82 bits per heavy atom. The van der Waals surface area contributed by atoms with Gasteiger partial charge in [0.05, 0.1) is 15.5 Å². The Labute approximate surface area is 130 Å². The number of non-ortho nitro benzene ring substituents is 1. The second-order valence-electron chi connectivity index (χ2n) is 4.45. The van der Waals surface area contributed by atoms with Crippen LogP contribution in [0.4, 0.5) is 17.1 Å². The average molecular weight is 320 g/mol. The zero-order chi connectivity index (χ0) is 16.3. The number of hydrogen-bond donors (Lipinski definition) is 0. The fourth-order valence-corrected chi connectivity index (χ4v) is 1.93. The number of rotatable bonds is 4. The Balaban J connectivity index is 2.36. The molecule has 0 saturated carbocycles. The molecule has 0 atom stereocenters. The number of hydrogen-bond acceptors (Lipinski definition) is 5. The van der Waals surface area contributed by atoms with Crippen LogP contribution in [0, 0.1) is 27.2 Å². The first kappa shape index (κ1) is 15.6. The highest BCUT2D eigenvalue weighted by Gasteiger charge is 2.11. The van der Waals surface area contributed by atoms with Crippen molar-refractivity contribution in [3.63, 3.8) is 0 Å². The highest BCUT2D eigenvalue weighted by Crippen LogP contribution is 2.25. The van der Waals surface area contributed by atoms with Crippen molar-refractivity contribution >= 4 is 34.9 Å². The number of benzene rings is 2. The first-order valence-electron chi connectivity index (χ1n) is 6.11. The molecular formula is C14H10ClN3O4. The number of nitro benzene ring substituents is 2. The van der Waals surface area contributed by atoms with Gasteiger partial charge < -0.3 is 0 Å². The molecule has 0 fully saturated rings. The van der Waals surface area contributed by atoms with Crippen LogP contribution < -0.4 is 0 Å². The summed E-state index contributed by atoms with van der Waals surface area (Å²) in [6, 6.07) is 8.50. The van der Waals surface area contributed by atoms with Crippen LogP contribution in [0.5, 0.6) is 0 Å². The minimum Gasteiger partial charge on any atom is -0.258 e. The lowest BCUT2D eigenvalue weighted by atomic mass is 10.2. The van der Waals surface area contributed by atoms with Crippen LogP contribution in [-0.2, 0) is 0 Å². The summed E-state index contributed by atoms with van der Waals surface area (Å²) in [7, 11) is 0. The van der Waals surface area contributed by atoms with Crippen LogP contribution in [0.15, 0.2) is 41.4 Å². The van der Waals surface area contributed by atoms with E-state index >= 15 is 0 Å². The van der Waals surface area contributed by atoms with Crippen molar-refractivity contribution in [2.45, 2.75) is 6.92 Å². The van der Waals surface area contributed by atoms with E-state index in [0.717, 1.165) is 0 Å². The van der Waals surface area contributed by atoms with Crippen LogP contribution in [0.3, 0.4) is 0 Å². The maximum Gasteiger partial charge on any atom is 0.274 e. The second kappa shape index (κ2) is 6.31. The molecule has 112 valence electrons. The summed E-state index contributed by atoms with van der Waals surface area (Å²) in [4.78, 5) is 24.7. The topological polar surface area (TPSA) is 98.6 Å². The van der Waals surface area contributed by atoms with Gasteiger partial charge in [-0.05, 0) is 19.1 Å². The Hall–Kier alpha value is -2.80. The van der Waals surface area contributed by atoms with Crippen LogP contribution in [0.25, 0.3) is 0 Å². The van der Waals surface area contributed by atoms with Gasteiger partial charge >= 0.3 is 0 Å². The predicted octanol–water partition coefficient (Wildman–Crippen LogP) is 4.22. The van der Waals surface area contributed by atoms with Crippen LogP contribution in [0.2, 0.25) is 5.02 Å². The number of aryl methyl sites for hydroxylation is 1. The Morgan fingerprint density at radius 1 is 1.09 bits per heavy atom. The van der Waals surface area contributed by atoms with Gasteiger partial charge in [-0.25, -0.2) is 0 Å². The molecule has 0 aliphatic carbocycles. The van der Waals surface area contributed by atoms with Crippen LogP contribution >= 0.6 is 11.6 Å². The Kier molecular flexibility index (Phi) is 4.47. The Bertz CT molecular complexity index is 790. The van der Waals surface area contributed by atoms with Crippen molar-refractivity contribution in [2.75, 3.05) is 0 Å². The van der Waals surface area contributed by atoms with Crippen molar-refractivity contribution in [1.82, 2.24) is 0 Å². The Morgan fingerprint density at radius 3 is 2.45 bits per heavy atom. The molecule has 2 rings (SSSR count). The lowest BCUT2D eigenvalue weighted by molar-refractivity contribution is -0.385. The molecule has 7 nitrogen and oxygen atoms in total. The standard InChI is InChI=1S/C14H10ClN3O4/c1-9-2-3-11(7-14(9)18(21)22)16-8-10-6-12(17(19)20)4-5-13(10)15/h2-8H,1H3. The van der Waals surface area contributed by atoms with Gasteiger partial charge in [0.1, 0.15) is 0 Å². The summed E-state index contributed by atoms with van der Waals surface area (Å²) >= 11 is 5.95. The van der Waals surface area contributed by atoms with E-state index in [9.17, 15) is 20.2 Å². The first-order valence-corrected chi connectivity index (χ1v) is 6.49. The first-order chi connectivity index (χ1) is 10.4. The number of nitro groups is 2. The van der Waals surface area contributed by atoms with Gasteiger partial charge in [0.2, 0.25) is 0 Å². The predicted molar refractivity (Wildman–Crippen MR) is 83.2 cm³/mol. The number of aliphatic imine (C=N–C) groups is 1. The molecule has 0 saturated heterocycles. The second-order valence-corrected chi connectivity index (χ2v) is 4.86. The SMILES string of the molecule is Cc1ccc(N=Cc2cc([N+](=O)[O-])ccc2Cl)cc1[N+](=O)[O-]. The summed E-state index contributed by atoms with van der Waals surface area (Å²) in [6.07, 6.45) is 1.34. The van der Waals surface area contributed by atoms with Gasteiger partial charge in [-0.1, -0.05) is 17.7 Å². The molecule has 22 heavy (non-hydrogen) atoms. The molecule has 0 amide bonds. The fourth-order valence-electron chi connectivity index (χ4n) is 1.76. The van der Waals surface area contributed by atoms with Crippen LogP contribution in [-0.4, -0.2) is 16.1 Å². The molecule has 0 heterocycles. The molecule has 8 heteroatoms. The van der Waals surface area contributed by atoms with Gasteiger partial charge in [-0.2, -0.15) is 0 Å². The molecule has 2 aromatic rings. The third kappa shape index (κ3) is 3.44. The number of halogens is 1. The highest BCUT2D eigenvalue weighted by atomic mass is 35.5. The van der Waals surface area contributed by atoms with Gasteiger partial charge in [0, 0.05) is 40.6 Å². The van der Waals surface area contributed by atoms with Gasteiger partial charge in [0.25, 0.3) is 11.4 Å². The normalized spacial score (nSPS) is 10.8. The van der Waals surface area contributed by atoms with Crippen LogP contribution in [0.1, 0.15) is 11.1 Å². The average Bonchev–Trinajstić information content (AvgIpc) is 2.47. The molecule has 0 bridgehead atoms. The molecule has 2 aromatic carbocycles. The smallest absolute Gasteiger partial charge is 0.258 e. The molecule has 0 radical (unpaired) electrons. The monoisotopic (exact) mass is 319 g/mol. The molecule has 0 unspecified atom stereocenters. The molecule has 0 aliphatic rings. The molecular weight excluding hydrogens is 310 g/mol. The largest absolute Gasteiger partial charge is 0.274 e. The summed E-state index contributed by atoms with van der Waals surface area (Å²) < 4.78 is 0. The van der Waals surface area contributed by atoms with Gasteiger partial charge in [0.15, 0.2) is 0 Å². The van der Waals surface area contributed by atoms with Crippen molar-refractivity contribution in [3.05, 3.63) is 72.8 Å². The quantitative estimate of drug-likeness (QED) is 0.478. The van der Waals surface area contributed by atoms with E-state index in [4.69, 9.17) is 11.6 Å². The lowest BCUT2D eigenvalue weighted by Crippen LogP contribution is -1.92. The third-order valence-corrected chi connectivity index (χ3v) is 3.28. The fraction of sp³-hybridized carbons (Fsp3) is 0.0714. The van der Waals surface area contributed by atoms with E-state index in [0.29, 0.717) is 21.8 Å². The summed E-state index contributed by atoms with van der Waals surface area (Å²) in [5, 5.41) is 21.9. The van der Waals surface area contributed by atoms with E-state index in [-0.39, 0.29) is 11.4 Å². The lowest BCUT2D eigenvalue weighted by Gasteiger charge is -2.00. The van der Waals surface area contributed by atoms with Crippen molar-refractivity contribution < 1.29 is 9.85 Å². The van der Waals surface area contributed by atoms with Gasteiger partial charge in [-0.15, -0.1) is 0 Å². The van der Waals surface area contributed by atoms with E-state index < -0.39 is 9.85 Å². The van der Waals surface area contributed by atoms with E-state index in [1.165, 1.54) is 30.5 Å². The molecule has 0 aliphatic heterocycles. The van der Waals surface area contributed by atoms with E-state index in [1.807, 2.05) is 0 Å². The maximum atomic E-state index is 10.9. The van der Waals surface area contributed by atoms with Crippen molar-refractivity contribution in [1.29, 1.82) is 0 Å². The minimum atomic E-state index is -0.537. The zero-order valence-electron chi connectivity index (χ0n) is 11.4. The summed E-state index contributed by atoms with van der Waals surface area (Å²) in [6.45, 7) is 1.63. The van der Waals surface area contributed by atoms with Crippen molar-refractivity contribution in [2.24, 2.45) is 4.99 Å². The highest BCUT2D eigenvalue weighted by molar-refractivity contribution is 6.33. The van der Waals surface area contributed by atoms with Crippen molar-refractivity contribution in [3.8, 4) is 0 Å².